The first-order chi connectivity index (χ1) is 27.2. The van der Waals surface area contributed by atoms with Gasteiger partial charge in [-0.3, -0.25) is 0 Å². The number of rotatable bonds is 6. The molecule has 0 saturated heterocycles. The van der Waals surface area contributed by atoms with E-state index in [2.05, 4.69) is 222 Å². The Morgan fingerprint density at radius 2 is 0.929 bits per heavy atom. The average Bonchev–Trinajstić information content (AvgIpc) is 3.61. The maximum atomic E-state index is 2.56. The lowest BCUT2D eigenvalue weighted by atomic mass is 9.81. The van der Waals surface area contributed by atoms with E-state index in [0.29, 0.717) is 0 Å². The SMILES string of the molecule is CC1C=C(c2ccc3c(c2)C(C)(C)c2ccccc2-3)C=CC1N(c1ccc(-c2ccc3c(c2)C(C)(C)c2ccccc2-3)cc1)c1ccccc1-c1ccccc1. The highest BCUT2D eigenvalue weighted by Gasteiger charge is 2.37. The summed E-state index contributed by atoms with van der Waals surface area (Å²) in [5, 5.41) is 0. The van der Waals surface area contributed by atoms with E-state index in [0.717, 1.165) is 0 Å². The van der Waals surface area contributed by atoms with E-state index >= 15 is 0 Å². The first kappa shape index (κ1) is 34.3. The molecule has 0 fully saturated rings. The minimum Gasteiger partial charge on any atom is -0.333 e. The molecular weight excluding hydrogens is 675 g/mol. The van der Waals surface area contributed by atoms with Crippen LogP contribution in [0.1, 0.15) is 62.4 Å². The highest BCUT2D eigenvalue weighted by atomic mass is 15.2. The minimum absolute atomic E-state index is 0.0276. The predicted molar refractivity (Wildman–Crippen MR) is 238 cm³/mol. The monoisotopic (exact) mass is 721 g/mol. The summed E-state index contributed by atoms with van der Waals surface area (Å²) >= 11 is 0. The number of anilines is 2. The van der Waals surface area contributed by atoms with Crippen LogP contribution in [-0.2, 0) is 10.8 Å². The van der Waals surface area contributed by atoms with Crippen molar-refractivity contribution in [1.29, 1.82) is 0 Å². The molecule has 1 heteroatoms. The molecule has 0 aliphatic heterocycles. The first-order valence-corrected chi connectivity index (χ1v) is 20.1. The standard InChI is InChI=1S/C55H47N/c1-36-33-39(41-26-31-47-45-19-10-13-21-49(45)55(4,5)51(47)35-41)27-32-52(36)56(53-22-14-11-17-43(53)38-15-7-6-8-16-38)42-28-23-37(24-29-42)40-25-30-46-44-18-9-12-20-48(44)54(2,3)50(46)34-40/h6-36,52H,1-5H3. The van der Waals surface area contributed by atoms with Crippen LogP contribution >= 0.6 is 0 Å². The number of allylic oxidation sites excluding steroid dienone is 2. The molecule has 0 heterocycles. The molecule has 272 valence electrons. The van der Waals surface area contributed by atoms with Crippen molar-refractivity contribution >= 4 is 16.9 Å². The highest BCUT2D eigenvalue weighted by Crippen LogP contribution is 2.51. The van der Waals surface area contributed by atoms with Crippen molar-refractivity contribution < 1.29 is 0 Å². The minimum atomic E-state index is -0.0311. The molecule has 1 nitrogen and oxygen atoms in total. The van der Waals surface area contributed by atoms with Gasteiger partial charge in [0.15, 0.2) is 0 Å². The fourth-order valence-electron chi connectivity index (χ4n) is 9.93. The maximum absolute atomic E-state index is 2.56. The van der Waals surface area contributed by atoms with Gasteiger partial charge in [0.25, 0.3) is 0 Å². The molecule has 0 radical (unpaired) electrons. The molecule has 7 aromatic rings. The van der Waals surface area contributed by atoms with Crippen LogP contribution in [0.3, 0.4) is 0 Å². The molecule has 10 rings (SSSR count). The zero-order valence-corrected chi connectivity index (χ0v) is 32.9. The Morgan fingerprint density at radius 1 is 0.429 bits per heavy atom. The van der Waals surface area contributed by atoms with E-state index in [1.54, 1.807) is 0 Å². The van der Waals surface area contributed by atoms with Gasteiger partial charge < -0.3 is 4.90 Å². The third-order valence-corrected chi connectivity index (χ3v) is 13.0. The molecule has 3 aliphatic rings. The summed E-state index contributed by atoms with van der Waals surface area (Å²) in [5.74, 6) is 0.248. The number of benzene rings is 7. The van der Waals surface area contributed by atoms with Crippen molar-refractivity contribution in [2.45, 2.75) is 51.5 Å². The lowest BCUT2D eigenvalue weighted by Gasteiger charge is -2.38. The molecular formula is C55H47N. The number of nitrogens with zero attached hydrogens (tertiary/aromatic N) is 1. The van der Waals surface area contributed by atoms with Crippen molar-refractivity contribution in [2.75, 3.05) is 4.90 Å². The Kier molecular flexibility index (Phi) is 7.94. The van der Waals surface area contributed by atoms with Gasteiger partial charge in [-0.1, -0.05) is 186 Å². The third kappa shape index (κ3) is 5.36. The molecule has 3 aliphatic carbocycles. The fraction of sp³-hybridized carbons (Fsp3) is 0.164. The molecule has 2 unspecified atom stereocenters. The predicted octanol–water partition coefficient (Wildman–Crippen LogP) is 14.4. The molecule has 2 atom stereocenters. The van der Waals surface area contributed by atoms with Crippen LogP contribution in [0.2, 0.25) is 0 Å². The molecule has 7 aromatic carbocycles. The van der Waals surface area contributed by atoms with Gasteiger partial charge >= 0.3 is 0 Å². The van der Waals surface area contributed by atoms with Crippen LogP contribution in [0.4, 0.5) is 11.4 Å². The Bertz CT molecular complexity index is 2710. The zero-order valence-electron chi connectivity index (χ0n) is 32.9. The van der Waals surface area contributed by atoms with Gasteiger partial charge in [0, 0.05) is 27.8 Å². The van der Waals surface area contributed by atoms with Crippen LogP contribution in [0.25, 0.3) is 50.1 Å². The summed E-state index contributed by atoms with van der Waals surface area (Å²) < 4.78 is 0. The van der Waals surface area contributed by atoms with Gasteiger partial charge in [-0.25, -0.2) is 0 Å². The van der Waals surface area contributed by atoms with E-state index in [4.69, 9.17) is 0 Å². The van der Waals surface area contributed by atoms with Gasteiger partial charge in [-0.05, 0) is 109 Å². The van der Waals surface area contributed by atoms with Gasteiger partial charge in [0.1, 0.15) is 0 Å². The van der Waals surface area contributed by atoms with Crippen molar-refractivity contribution in [2.24, 2.45) is 5.92 Å². The first-order valence-electron chi connectivity index (χ1n) is 20.1. The van der Waals surface area contributed by atoms with E-state index in [1.807, 2.05) is 0 Å². The topological polar surface area (TPSA) is 3.24 Å². The van der Waals surface area contributed by atoms with Crippen molar-refractivity contribution in [1.82, 2.24) is 0 Å². The van der Waals surface area contributed by atoms with Crippen LogP contribution in [0.15, 0.2) is 182 Å². The zero-order chi connectivity index (χ0) is 38.2. The summed E-state index contributed by atoms with van der Waals surface area (Å²) in [6.07, 6.45) is 7.28. The lowest BCUT2D eigenvalue weighted by Crippen LogP contribution is -2.35. The number of fused-ring (bicyclic) bond motifs is 6. The van der Waals surface area contributed by atoms with E-state index < -0.39 is 0 Å². The third-order valence-electron chi connectivity index (χ3n) is 13.0. The van der Waals surface area contributed by atoms with Crippen LogP contribution in [0.5, 0.6) is 0 Å². The summed E-state index contributed by atoms with van der Waals surface area (Å²) in [4.78, 5) is 2.56. The van der Waals surface area contributed by atoms with Gasteiger partial charge in [-0.15, -0.1) is 0 Å². The number of hydrogen-bond donors (Lipinski definition) is 0. The summed E-state index contributed by atoms with van der Waals surface area (Å²) in [5.41, 5.74) is 20.9. The smallest absolute Gasteiger partial charge is 0.0586 e. The highest BCUT2D eigenvalue weighted by molar-refractivity contribution is 5.88. The molecule has 0 amide bonds. The van der Waals surface area contributed by atoms with Crippen LogP contribution in [0, 0.1) is 5.92 Å². The van der Waals surface area contributed by atoms with E-state index in [1.165, 1.54) is 89.3 Å². The summed E-state index contributed by atoms with van der Waals surface area (Å²) in [7, 11) is 0. The average molecular weight is 722 g/mol. The van der Waals surface area contributed by atoms with Gasteiger partial charge in [0.05, 0.1) is 6.04 Å². The fourth-order valence-corrected chi connectivity index (χ4v) is 9.93. The molecule has 56 heavy (non-hydrogen) atoms. The van der Waals surface area contributed by atoms with Crippen molar-refractivity contribution in [3.05, 3.63) is 210 Å². The van der Waals surface area contributed by atoms with Crippen molar-refractivity contribution in [3.8, 4) is 44.5 Å². The quantitative estimate of drug-likeness (QED) is 0.165. The molecule has 0 bridgehead atoms. The normalized spacial score (nSPS) is 18.1. The molecule has 0 saturated carbocycles. The lowest BCUT2D eigenvalue weighted by molar-refractivity contribution is 0.612. The summed E-state index contributed by atoms with van der Waals surface area (Å²) in [6.45, 7) is 11.8. The Morgan fingerprint density at radius 3 is 1.55 bits per heavy atom. The largest absolute Gasteiger partial charge is 0.333 e. The Hall–Kier alpha value is -6.18. The van der Waals surface area contributed by atoms with E-state index in [9.17, 15) is 0 Å². The summed E-state index contributed by atoms with van der Waals surface area (Å²) in [6, 6.07) is 61.0. The second kappa shape index (κ2) is 13.0. The van der Waals surface area contributed by atoms with Gasteiger partial charge in [-0.2, -0.15) is 0 Å². The van der Waals surface area contributed by atoms with Gasteiger partial charge in [0.2, 0.25) is 0 Å². The number of para-hydroxylation sites is 1. The van der Waals surface area contributed by atoms with E-state index in [-0.39, 0.29) is 22.8 Å². The molecule has 0 N–H and O–H groups in total. The molecule has 0 aromatic heterocycles. The van der Waals surface area contributed by atoms with Crippen molar-refractivity contribution in [3.63, 3.8) is 0 Å². The number of hydrogen-bond acceptors (Lipinski definition) is 1. The van der Waals surface area contributed by atoms with Crippen LogP contribution in [-0.4, -0.2) is 6.04 Å². The second-order valence-electron chi connectivity index (χ2n) is 17.0. The maximum Gasteiger partial charge on any atom is 0.0586 e. The Balaban J connectivity index is 1.02. The molecule has 0 spiro atoms. The van der Waals surface area contributed by atoms with Crippen LogP contribution < -0.4 is 4.90 Å². The second-order valence-corrected chi connectivity index (χ2v) is 17.0. The Labute approximate surface area is 332 Å².